The molecule has 2 saturated heterocycles. The Hall–Kier alpha value is -3.64. The number of nitrogens with zero attached hydrogens (tertiary/aromatic N) is 7. The summed E-state index contributed by atoms with van der Waals surface area (Å²) < 4.78 is 7.83. The van der Waals surface area contributed by atoms with Gasteiger partial charge in [0.2, 0.25) is 5.95 Å². The molecule has 0 bridgehead atoms. The number of allylic oxidation sites excluding steroid dienone is 1. The average molecular weight is 615 g/mol. The SMILES string of the molecule is COC1(C(=O)Nc2nc3ccc(N4CCC(N5CCN(C)CC5)CC4)cc3n2CC(C)(C)O)C=C(C)N=C(c2cccnc2)C1. The van der Waals surface area contributed by atoms with Gasteiger partial charge in [-0.1, -0.05) is 6.07 Å². The number of hydrogen-bond donors (Lipinski definition) is 2. The number of benzene rings is 1. The number of piperidine rings is 1. The van der Waals surface area contributed by atoms with E-state index in [0.29, 0.717) is 17.7 Å². The van der Waals surface area contributed by atoms with E-state index in [9.17, 15) is 9.90 Å². The summed E-state index contributed by atoms with van der Waals surface area (Å²) >= 11 is 0. The molecule has 1 aromatic carbocycles. The van der Waals surface area contributed by atoms with Gasteiger partial charge in [-0.15, -0.1) is 0 Å². The first-order valence-electron chi connectivity index (χ1n) is 16.0. The maximum atomic E-state index is 14.0. The smallest absolute Gasteiger partial charge is 0.263 e. The quantitative estimate of drug-likeness (QED) is 0.397. The van der Waals surface area contributed by atoms with Crippen LogP contribution in [0.2, 0.25) is 0 Å². The van der Waals surface area contributed by atoms with Crippen LogP contribution in [-0.2, 0) is 16.1 Å². The number of nitrogens with one attached hydrogen (secondary N) is 1. The van der Waals surface area contributed by atoms with Gasteiger partial charge in [-0.2, -0.15) is 0 Å². The van der Waals surface area contributed by atoms with Crippen LogP contribution in [0.3, 0.4) is 0 Å². The molecule has 240 valence electrons. The summed E-state index contributed by atoms with van der Waals surface area (Å²) in [6.45, 7) is 12.2. The zero-order valence-electron chi connectivity index (χ0n) is 27.2. The second-order valence-corrected chi connectivity index (χ2v) is 13.4. The molecule has 11 nitrogen and oxygen atoms in total. The lowest BCUT2D eigenvalue weighted by Crippen LogP contribution is -2.52. The number of methoxy groups -OCH3 is 1. The zero-order valence-corrected chi connectivity index (χ0v) is 27.2. The van der Waals surface area contributed by atoms with Crippen molar-refractivity contribution in [3.8, 4) is 0 Å². The highest BCUT2D eigenvalue weighted by molar-refractivity contribution is 6.09. The summed E-state index contributed by atoms with van der Waals surface area (Å²) in [5, 5.41) is 14.0. The molecule has 3 aliphatic rings. The Morgan fingerprint density at radius 2 is 1.89 bits per heavy atom. The van der Waals surface area contributed by atoms with Gasteiger partial charge in [0.1, 0.15) is 0 Å². The third-order valence-electron chi connectivity index (χ3n) is 9.31. The van der Waals surface area contributed by atoms with Crippen molar-refractivity contribution in [3.63, 3.8) is 0 Å². The summed E-state index contributed by atoms with van der Waals surface area (Å²) in [6.07, 6.45) is 7.74. The number of aliphatic imine (C=N–C) groups is 1. The predicted octanol–water partition coefficient (Wildman–Crippen LogP) is 3.54. The van der Waals surface area contributed by atoms with Crippen molar-refractivity contribution < 1.29 is 14.6 Å². The molecule has 3 aliphatic heterocycles. The monoisotopic (exact) mass is 614 g/mol. The second-order valence-electron chi connectivity index (χ2n) is 13.4. The fraction of sp³-hybridized carbons (Fsp3) is 0.529. The average Bonchev–Trinajstić information content (AvgIpc) is 3.36. The number of aromatic nitrogens is 3. The number of fused-ring (bicyclic) bond motifs is 1. The van der Waals surface area contributed by atoms with Gasteiger partial charge in [0.05, 0.1) is 28.9 Å². The molecule has 2 aromatic heterocycles. The van der Waals surface area contributed by atoms with Crippen LogP contribution < -0.4 is 10.2 Å². The molecule has 45 heavy (non-hydrogen) atoms. The molecule has 1 unspecified atom stereocenters. The molecule has 1 atom stereocenters. The summed E-state index contributed by atoms with van der Waals surface area (Å²) in [4.78, 5) is 35.3. The maximum Gasteiger partial charge on any atom is 0.263 e. The summed E-state index contributed by atoms with van der Waals surface area (Å²) in [6, 6.07) is 10.7. The lowest BCUT2D eigenvalue weighted by atomic mass is 9.89. The molecule has 0 aliphatic carbocycles. The third-order valence-corrected chi connectivity index (χ3v) is 9.31. The summed E-state index contributed by atoms with van der Waals surface area (Å²) in [5.41, 5.74) is 2.68. The zero-order chi connectivity index (χ0) is 31.8. The van der Waals surface area contributed by atoms with Crippen molar-refractivity contribution in [1.82, 2.24) is 24.3 Å². The van der Waals surface area contributed by atoms with Gasteiger partial charge in [0.25, 0.3) is 5.91 Å². The lowest BCUT2D eigenvalue weighted by Gasteiger charge is -2.42. The Morgan fingerprint density at radius 3 is 2.56 bits per heavy atom. The predicted molar refractivity (Wildman–Crippen MR) is 178 cm³/mol. The summed E-state index contributed by atoms with van der Waals surface area (Å²) in [5.74, 6) is 0.0233. The number of pyridine rings is 1. The minimum Gasteiger partial charge on any atom is -0.389 e. The van der Waals surface area contributed by atoms with Crippen LogP contribution in [0.1, 0.15) is 45.6 Å². The van der Waals surface area contributed by atoms with E-state index in [1.807, 2.05) is 29.7 Å². The normalized spacial score (nSPS) is 22.4. The number of amides is 1. The number of hydrogen-bond acceptors (Lipinski definition) is 9. The largest absolute Gasteiger partial charge is 0.389 e. The van der Waals surface area contributed by atoms with E-state index in [0.717, 1.165) is 80.1 Å². The molecule has 5 heterocycles. The number of rotatable bonds is 8. The minimum atomic E-state index is -1.28. The Bertz CT molecular complexity index is 1580. The standard InChI is InChI=1S/C34H46N8O3/c1-24-20-34(45-5,21-29(36-24)25-7-6-12-35-22-25)31(43)38-32-37-28-9-8-27(19-30(28)42(32)23-33(2,3)44)40-13-10-26(11-14-40)41-17-15-39(4)16-18-41/h6-9,12,19-20,22,26,44H,10-11,13-18,21,23H2,1-5H3,(H,37,38,43). The molecule has 2 N–H and O–H groups in total. The van der Waals surface area contributed by atoms with E-state index in [-0.39, 0.29) is 18.9 Å². The molecule has 2 fully saturated rings. The highest BCUT2D eigenvalue weighted by atomic mass is 16.5. The van der Waals surface area contributed by atoms with Crippen LogP contribution in [0.4, 0.5) is 11.6 Å². The number of imidazole rings is 1. The Morgan fingerprint density at radius 1 is 1.13 bits per heavy atom. The van der Waals surface area contributed by atoms with Gasteiger partial charge in [-0.3, -0.25) is 25.0 Å². The van der Waals surface area contributed by atoms with Gasteiger partial charge in [-0.05, 0) is 71.0 Å². The summed E-state index contributed by atoms with van der Waals surface area (Å²) in [7, 11) is 3.74. The van der Waals surface area contributed by atoms with Gasteiger partial charge in [0, 0.05) is 88.2 Å². The van der Waals surface area contributed by atoms with Crippen molar-refractivity contribution in [2.45, 2.75) is 63.8 Å². The molecule has 3 aromatic rings. The molecule has 0 spiro atoms. The number of piperazine rings is 1. The molecule has 0 saturated carbocycles. The minimum absolute atomic E-state index is 0.248. The number of carbonyl (C=O) groups excluding carboxylic acids is 1. The molecular formula is C34H46N8O3. The van der Waals surface area contributed by atoms with Gasteiger partial charge in [0.15, 0.2) is 5.60 Å². The van der Waals surface area contributed by atoms with Crippen molar-refractivity contribution in [2.24, 2.45) is 4.99 Å². The van der Waals surface area contributed by atoms with Crippen LogP contribution in [0, 0.1) is 0 Å². The number of carbonyl (C=O) groups is 1. The number of aliphatic hydroxyl groups is 1. The van der Waals surface area contributed by atoms with Gasteiger partial charge >= 0.3 is 0 Å². The highest BCUT2D eigenvalue weighted by Crippen LogP contribution is 2.32. The molecule has 0 radical (unpaired) electrons. The fourth-order valence-corrected chi connectivity index (χ4v) is 6.83. The molecule has 1 amide bonds. The van der Waals surface area contributed by atoms with E-state index in [2.05, 4.69) is 49.2 Å². The van der Waals surface area contributed by atoms with Crippen molar-refractivity contribution in [2.75, 3.05) is 63.6 Å². The first-order chi connectivity index (χ1) is 21.5. The molecule has 6 rings (SSSR count). The third kappa shape index (κ3) is 6.81. The van der Waals surface area contributed by atoms with E-state index < -0.39 is 11.2 Å². The highest BCUT2D eigenvalue weighted by Gasteiger charge is 2.41. The van der Waals surface area contributed by atoms with Crippen molar-refractivity contribution in [3.05, 3.63) is 60.1 Å². The van der Waals surface area contributed by atoms with Gasteiger partial charge in [-0.25, -0.2) is 4.98 Å². The first kappa shape index (κ1) is 31.3. The van der Waals surface area contributed by atoms with Crippen LogP contribution in [0.25, 0.3) is 11.0 Å². The van der Waals surface area contributed by atoms with Crippen molar-refractivity contribution in [1.29, 1.82) is 0 Å². The molecule has 11 heteroatoms. The fourth-order valence-electron chi connectivity index (χ4n) is 6.83. The van der Waals surface area contributed by atoms with E-state index in [1.165, 1.54) is 7.11 Å². The van der Waals surface area contributed by atoms with Crippen LogP contribution >= 0.6 is 0 Å². The molecular weight excluding hydrogens is 568 g/mol. The van der Waals surface area contributed by atoms with E-state index in [4.69, 9.17) is 9.72 Å². The van der Waals surface area contributed by atoms with Gasteiger partial charge < -0.3 is 24.2 Å². The first-order valence-corrected chi connectivity index (χ1v) is 16.0. The number of likely N-dealkylation sites (N-methyl/N-ethyl adjacent to an activating group) is 1. The lowest BCUT2D eigenvalue weighted by molar-refractivity contribution is -0.132. The topological polar surface area (TPSA) is 111 Å². The van der Waals surface area contributed by atoms with Crippen LogP contribution in [-0.4, -0.2) is 112 Å². The van der Waals surface area contributed by atoms with Crippen LogP contribution in [0.5, 0.6) is 0 Å². The maximum absolute atomic E-state index is 14.0. The number of ether oxygens (including phenoxy) is 1. The van der Waals surface area contributed by atoms with Crippen molar-refractivity contribution >= 4 is 34.3 Å². The Kier molecular flexibility index (Phi) is 8.80. The Labute approximate surface area is 265 Å². The van der Waals surface area contributed by atoms with E-state index in [1.54, 1.807) is 32.3 Å². The van der Waals surface area contributed by atoms with E-state index >= 15 is 0 Å². The number of anilines is 2. The van der Waals surface area contributed by atoms with Crippen LogP contribution in [0.15, 0.2) is 59.5 Å². The second kappa shape index (κ2) is 12.6. The Balaban J connectivity index is 1.24.